The molecule has 1 aromatic carbocycles. The summed E-state index contributed by atoms with van der Waals surface area (Å²) in [5.41, 5.74) is 0.946. The highest BCUT2D eigenvalue weighted by Gasteiger charge is 2.38. The SMILES string of the molecule is CN(C)CC1CN(C(=O)C2=NN(c3ccccc3)C(C(=O)O)C2)CCO1. The lowest BCUT2D eigenvalue weighted by atomic mass is 10.1. The summed E-state index contributed by atoms with van der Waals surface area (Å²) in [6.07, 6.45) is 0.0453. The number of nitrogens with zero attached hydrogens (tertiary/aromatic N) is 4. The zero-order valence-electron chi connectivity index (χ0n) is 15.0. The Morgan fingerprint density at radius 3 is 2.69 bits per heavy atom. The normalized spacial score (nSPS) is 23.3. The predicted octanol–water partition coefficient (Wildman–Crippen LogP) is 0.495. The third-order valence-corrected chi connectivity index (χ3v) is 4.46. The van der Waals surface area contributed by atoms with Crippen LogP contribution in [0.3, 0.4) is 0 Å². The van der Waals surface area contributed by atoms with Crippen LogP contribution < -0.4 is 5.01 Å². The Labute approximate surface area is 152 Å². The minimum absolute atomic E-state index is 0.0507. The molecule has 0 aliphatic carbocycles. The molecular weight excluding hydrogens is 336 g/mol. The third-order valence-electron chi connectivity index (χ3n) is 4.46. The number of carbonyl (C=O) groups is 2. The van der Waals surface area contributed by atoms with Gasteiger partial charge in [-0.3, -0.25) is 9.80 Å². The summed E-state index contributed by atoms with van der Waals surface area (Å²) in [5, 5.41) is 15.3. The number of hydrogen-bond acceptors (Lipinski definition) is 6. The second-order valence-electron chi connectivity index (χ2n) is 6.79. The quantitative estimate of drug-likeness (QED) is 0.823. The predicted molar refractivity (Wildman–Crippen MR) is 97.3 cm³/mol. The number of amides is 1. The van der Waals surface area contributed by atoms with Crippen molar-refractivity contribution in [2.24, 2.45) is 5.10 Å². The molecular formula is C18H24N4O4. The van der Waals surface area contributed by atoms with Gasteiger partial charge in [0.15, 0.2) is 6.04 Å². The van der Waals surface area contributed by atoms with E-state index in [0.29, 0.717) is 25.4 Å². The molecule has 1 aromatic rings. The lowest BCUT2D eigenvalue weighted by Gasteiger charge is -2.34. The van der Waals surface area contributed by atoms with Crippen LogP contribution in [0.5, 0.6) is 0 Å². The molecule has 140 valence electrons. The first-order valence-corrected chi connectivity index (χ1v) is 8.66. The van der Waals surface area contributed by atoms with Crippen molar-refractivity contribution in [3.8, 4) is 0 Å². The fourth-order valence-corrected chi connectivity index (χ4v) is 3.25. The molecule has 8 heteroatoms. The molecule has 0 radical (unpaired) electrons. The number of hydrazone groups is 1. The molecule has 1 saturated heterocycles. The average molecular weight is 360 g/mol. The van der Waals surface area contributed by atoms with Crippen molar-refractivity contribution >= 4 is 23.3 Å². The van der Waals surface area contributed by atoms with Crippen LogP contribution in [0, 0.1) is 0 Å². The van der Waals surface area contributed by atoms with E-state index in [1.54, 1.807) is 17.0 Å². The van der Waals surface area contributed by atoms with Crippen molar-refractivity contribution in [3.05, 3.63) is 30.3 Å². The van der Waals surface area contributed by atoms with Gasteiger partial charge in [0.05, 0.1) is 18.4 Å². The maximum Gasteiger partial charge on any atom is 0.328 e. The Kier molecular flexibility index (Phi) is 5.53. The average Bonchev–Trinajstić information content (AvgIpc) is 3.07. The van der Waals surface area contributed by atoms with Gasteiger partial charge in [-0.05, 0) is 26.2 Å². The molecule has 2 unspecified atom stereocenters. The summed E-state index contributed by atoms with van der Waals surface area (Å²) in [6, 6.07) is 8.19. The third kappa shape index (κ3) is 4.03. The number of ether oxygens (including phenoxy) is 1. The Balaban J connectivity index is 1.75. The van der Waals surface area contributed by atoms with E-state index in [0.717, 1.165) is 6.54 Å². The molecule has 3 rings (SSSR count). The molecule has 1 fully saturated rings. The standard InChI is InChI=1S/C18H24N4O4/c1-20(2)11-14-12-21(8-9-26-14)17(23)15-10-16(18(24)25)22(19-15)13-6-4-3-5-7-13/h3-7,14,16H,8-12H2,1-2H3,(H,24,25). The first-order valence-electron chi connectivity index (χ1n) is 8.66. The number of aliphatic carboxylic acids is 1. The summed E-state index contributed by atoms with van der Waals surface area (Å²) < 4.78 is 5.70. The molecule has 0 aromatic heterocycles. The van der Waals surface area contributed by atoms with Gasteiger partial charge in [0.25, 0.3) is 5.91 Å². The van der Waals surface area contributed by atoms with Crippen LogP contribution in [-0.2, 0) is 14.3 Å². The molecule has 0 spiro atoms. The molecule has 2 atom stereocenters. The van der Waals surface area contributed by atoms with Gasteiger partial charge < -0.3 is 19.6 Å². The maximum absolute atomic E-state index is 12.9. The van der Waals surface area contributed by atoms with E-state index in [2.05, 4.69) is 5.10 Å². The molecule has 2 aliphatic heterocycles. The lowest BCUT2D eigenvalue weighted by molar-refractivity contribution is -0.138. The van der Waals surface area contributed by atoms with Gasteiger partial charge in [0.1, 0.15) is 5.71 Å². The highest BCUT2D eigenvalue weighted by atomic mass is 16.5. The summed E-state index contributed by atoms with van der Waals surface area (Å²) in [7, 11) is 3.92. The van der Waals surface area contributed by atoms with Gasteiger partial charge in [-0.2, -0.15) is 5.10 Å². The van der Waals surface area contributed by atoms with Crippen LogP contribution >= 0.6 is 0 Å². The number of para-hydroxylation sites is 1. The zero-order chi connectivity index (χ0) is 18.7. The number of carbonyl (C=O) groups excluding carboxylic acids is 1. The van der Waals surface area contributed by atoms with E-state index >= 15 is 0 Å². The van der Waals surface area contributed by atoms with Gasteiger partial charge in [-0.1, -0.05) is 18.2 Å². The fraction of sp³-hybridized carbons (Fsp3) is 0.500. The molecule has 2 heterocycles. The van der Waals surface area contributed by atoms with Gasteiger partial charge in [-0.25, -0.2) is 4.79 Å². The van der Waals surface area contributed by atoms with Crippen molar-refractivity contribution in [2.75, 3.05) is 45.3 Å². The summed E-state index contributed by atoms with van der Waals surface area (Å²) in [5.74, 6) is -1.20. The first kappa shape index (κ1) is 18.3. The van der Waals surface area contributed by atoms with E-state index in [-0.39, 0.29) is 24.1 Å². The molecule has 1 N–H and O–H groups in total. The second-order valence-corrected chi connectivity index (χ2v) is 6.79. The topological polar surface area (TPSA) is 85.7 Å². The van der Waals surface area contributed by atoms with E-state index in [9.17, 15) is 14.7 Å². The Hall–Kier alpha value is -2.45. The molecule has 26 heavy (non-hydrogen) atoms. The molecule has 1 amide bonds. The highest BCUT2D eigenvalue weighted by molar-refractivity contribution is 6.40. The van der Waals surface area contributed by atoms with Crippen molar-refractivity contribution in [2.45, 2.75) is 18.6 Å². The van der Waals surface area contributed by atoms with Crippen LogP contribution in [-0.4, -0.2) is 85.0 Å². The first-order chi connectivity index (χ1) is 12.5. The van der Waals surface area contributed by atoms with E-state index in [4.69, 9.17) is 4.74 Å². The molecule has 0 saturated carbocycles. The number of anilines is 1. The Morgan fingerprint density at radius 2 is 2.04 bits per heavy atom. The molecule has 2 aliphatic rings. The monoisotopic (exact) mass is 360 g/mol. The van der Waals surface area contributed by atoms with Gasteiger partial charge >= 0.3 is 5.97 Å². The number of benzene rings is 1. The second kappa shape index (κ2) is 7.84. The van der Waals surface area contributed by atoms with Crippen LogP contribution in [0.25, 0.3) is 0 Å². The lowest BCUT2D eigenvalue weighted by Crippen LogP contribution is -2.50. The Bertz CT molecular complexity index is 692. The van der Waals surface area contributed by atoms with Gasteiger partial charge in [0.2, 0.25) is 0 Å². The van der Waals surface area contributed by atoms with Crippen molar-refractivity contribution in [1.29, 1.82) is 0 Å². The maximum atomic E-state index is 12.9. The number of morpholine rings is 1. The van der Waals surface area contributed by atoms with E-state index in [1.165, 1.54) is 5.01 Å². The van der Waals surface area contributed by atoms with Crippen molar-refractivity contribution in [3.63, 3.8) is 0 Å². The minimum Gasteiger partial charge on any atom is -0.480 e. The Morgan fingerprint density at radius 1 is 1.31 bits per heavy atom. The van der Waals surface area contributed by atoms with Crippen LogP contribution in [0.1, 0.15) is 6.42 Å². The van der Waals surface area contributed by atoms with Gasteiger partial charge in [0, 0.05) is 26.1 Å². The number of likely N-dealkylation sites (N-methyl/N-ethyl adjacent to an activating group) is 1. The van der Waals surface area contributed by atoms with Crippen LogP contribution in [0.4, 0.5) is 5.69 Å². The van der Waals surface area contributed by atoms with Crippen LogP contribution in [0.2, 0.25) is 0 Å². The molecule has 8 nitrogen and oxygen atoms in total. The van der Waals surface area contributed by atoms with Crippen LogP contribution in [0.15, 0.2) is 35.4 Å². The van der Waals surface area contributed by atoms with Crippen molar-refractivity contribution in [1.82, 2.24) is 9.80 Å². The van der Waals surface area contributed by atoms with E-state index < -0.39 is 12.0 Å². The van der Waals surface area contributed by atoms with E-state index in [1.807, 2.05) is 37.2 Å². The smallest absolute Gasteiger partial charge is 0.328 e. The highest BCUT2D eigenvalue weighted by Crippen LogP contribution is 2.25. The summed E-state index contributed by atoms with van der Waals surface area (Å²) >= 11 is 0. The zero-order valence-corrected chi connectivity index (χ0v) is 15.0. The number of hydrogen-bond donors (Lipinski definition) is 1. The fourth-order valence-electron chi connectivity index (χ4n) is 3.25. The van der Waals surface area contributed by atoms with Crippen molar-refractivity contribution < 1.29 is 19.4 Å². The minimum atomic E-state index is -0.993. The summed E-state index contributed by atoms with van der Waals surface area (Å²) in [6.45, 7) is 2.18. The van der Waals surface area contributed by atoms with Gasteiger partial charge in [-0.15, -0.1) is 0 Å². The molecule has 0 bridgehead atoms. The number of carboxylic acids is 1. The number of carboxylic acid groups (broad SMARTS) is 1. The largest absolute Gasteiger partial charge is 0.480 e. The summed E-state index contributed by atoms with van der Waals surface area (Å²) in [4.78, 5) is 28.3. The number of rotatable bonds is 5.